The Bertz CT molecular complexity index is 499. The number of rotatable bonds is 7. The van der Waals surface area contributed by atoms with Crippen LogP contribution in [0.3, 0.4) is 0 Å². The van der Waals surface area contributed by atoms with E-state index in [2.05, 4.69) is 30.8 Å². The molecule has 2 aromatic rings. The van der Waals surface area contributed by atoms with Crippen molar-refractivity contribution < 1.29 is 0 Å². The Kier molecular flexibility index (Phi) is 5.89. The monoisotopic (exact) mass is 341 g/mol. The van der Waals surface area contributed by atoms with Crippen molar-refractivity contribution in [1.29, 1.82) is 0 Å². The molecule has 102 valence electrons. The predicted molar refractivity (Wildman–Crippen MR) is 82.3 cm³/mol. The van der Waals surface area contributed by atoms with E-state index in [0.717, 1.165) is 42.0 Å². The average molecular weight is 343 g/mol. The summed E-state index contributed by atoms with van der Waals surface area (Å²) in [5.41, 5.74) is 1.24. The van der Waals surface area contributed by atoms with Crippen molar-refractivity contribution in [2.45, 2.75) is 25.9 Å². The van der Waals surface area contributed by atoms with Gasteiger partial charge in [-0.2, -0.15) is 0 Å². The van der Waals surface area contributed by atoms with Gasteiger partial charge in [-0.05, 0) is 37.1 Å². The number of imidazole rings is 1. The fourth-order valence-electron chi connectivity index (χ4n) is 1.85. The van der Waals surface area contributed by atoms with Crippen LogP contribution in [0.2, 0.25) is 5.02 Å². The van der Waals surface area contributed by atoms with Crippen molar-refractivity contribution in [3.05, 3.63) is 52.0 Å². The molecule has 1 N–H and O–H groups in total. The van der Waals surface area contributed by atoms with E-state index in [1.165, 1.54) is 5.56 Å². The van der Waals surface area contributed by atoms with Gasteiger partial charge in [-0.25, -0.2) is 4.98 Å². The molecule has 0 radical (unpaired) electrons. The second-order valence-corrected chi connectivity index (χ2v) is 5.71. The molecule has 1 aromatic heterocycles. The highest BCUT2D eigenvalue weighted by atomic mass is 79.9. The van der Waals surface area contributed by atoms with Gasteiger partial charge in [0.05, 0.1) is 6.33 Å². The normalized spacial score (nSPS) is 10.8. The van der Waals surface area contributed by atoms with Crippen LogP contribution in [-0.2, 0) is 13.1 Å². The van der Waals surface area contributed by atoms with Gasteiger partial charge in [0.1, 0.15) is 0 Å². The molecule has 1 heterocycles. The summed E-state index contributed by atoms with van der Waals surface area (Å²) in [6, 6.07) is 5.89. The summed E-state index contributed by atoms with van der Waals surface area (Å²) in [6.07, 6.45) is 7.99. The summed E-state index contributed by atoms with van der Waals surface area (Å²) in [5.74, 6) is 0. The molecule has 5 heteroatoms. The molecule has 0 aliphatic heterocycles. The third-order valence-electron chi connectivity index (χ3n) is 2.91. The van der Waals surface area contributed by atoms with Gasteiger partial charge in [0.2, 0.25) is 0 Å². The number of hydrogen-bond acceptors (Lipinski definition) is 2. The van der Waals surface area contributed by atoms with E-state index in [1.807, 2.05) is 36.9 Å². The lowest BCUT2D eigenvalue weighted by Gasteiger charge is -2.07. The summed E-state index contributed by atoms with van der Waals surface area (Å²) < 4.78 is 3.17. The second-order valence-electron chi connectivity index (χ2n) is 4.42. The number of halogens is 2. The van der Waals surface area contributed by atoms with Crippen LogP contribution in [0.4, 0.5) is 0 Å². The van der Waals surface area contributed by atoms with Crippen LogP contribution in [0.5, 0.6) is 0 Å². The Morgan fingerprint density at radius 2 is 2.21 bits per heavy atom. The molecule has 0 saturated carbocycles. The highest BCUT2D eigenvalue weighted by molar-refractivity contribution is 9.10. The number of nitrogens with one attached hydrogen (secondary N) is 1. The summed E-state index contributed by atoms with van der Waals surface area (Å²) in [6.45, 7) is 2.92. The molecule has 0 saturated heterocycles. The minimum Gasteiger partial charge on any atom is -0.337 e. The molecule has 0 amide bonds. The van der Waals surface area contributed by atoms with Gasteiger partial charge in [0.25, 0.3) is 0 Å². The molecule has 0 fully saturated rings. The third-order valence-corrected chi connectivity index (χ3v) is 3.88. The number of hydrogen-bond donors (Lipinski definition) is 1. The van der Waals surface area contributed by atoms with E-state index in [-0.39, 0.29) is 0 Å². The molecule has 2 rings (SSSR count). The fraction of sp³-hybridized carbons (Fsp3) is 0.357. The maximum atomic E-state index is 5.91. The number of aromatic nitrogens is 2. The van der Waals surface area contributed by atoms with Crippen LogP contribution < -0.4 is 5.32 Å². The Balaban J connectivity index is 1.61. The van der Waals surface area contributed by atoms with E-state index in [0.29, 0.717) is 0 Å². The van der Waals surface area contributed by atoms with Crippen molar-refractivity contribution in [3.8, 4) is 0 Å². The third kappa shape index (κ3) is 4.97. The Morgan fingerprint density at radius 1 is 1.32 bits per heavy atom. The zero-order valence-electron chi connectivity index (χ0n) is 10.6. The van der Waals surface area contributed by atoms with Crippen molar-refractivity contribution in [1.82, 2.24) is 14.9 Å². The van der Waals surface area contributed by atoms with Crippen molar-refractivity contribution in [2.75, 3.05) is 6.54 Å². The number of aryl methyl sites for hydroxylation is 1. The Labute approximate surface area is 127 Å². The minimum atomic E-state index is 0.760. The van der Waals surface area contributed by atoms with Gasteiger partial charge < -0.3 is 9.88 Å². The molecule has 0 spiro atoms. The first-order valence-corrected chi connectivity index (χ1v) is 7.53. The molecule has 0 aliphatic carbocycles. The minimum absolute atomic E-state index is 0.760. The predicted octanol–water partition coefficient (Wildman–Crippen LogP) is 3.87. The Morgan fingerprint density at radius 3 is 2.95 bits per heavy atom. The summed E-state index contributed by atoms with van der Waals surface area (Å²) in [5, 5.41) is 4.20. The maximum Gasteiger partial charge on any atom is 0.0945 e. The SMILES string of the molecule is Clc1ccc(CNCCCCn2ccnc2)c(Br)c1. The number of nitrogens with zero attached hydrogens (tertiary/aromatic N) is 2. The maximum absolute atomic E-state index is 5.91. The van der Waals surface area contributed by atoms with Crippen LogP contribution in [-0.4, -0.2) is 16.1 Å². The molecular formula is C14H17BrClN3. The van der Waals surface area contributed by atoms with Gasteiger partial charge in [0, 0.05) is 35.0 Å². The fourth-order valence-corrected chi connectivity index (χ4v) is 2.67. The molecule has 0 bridgehead atoms. The zero-order chi connectivity index (χ0) is 13.5. The number of benzene rings is 1. The molecule has 19 heavy (non-hydrogen) atoms. The van der Waals surface area contributed by atoms with E-state index in [4.69, 9.17) is 11.6 Å². The first kappa shape index (κ1) is 14.6. The molecule has 0 unspecified atom stereocenters. The molecule has 3 nitrogen and oxygen atoms in total. The van der Waals surface area contributed by atoms with Crippen molar-refractivity contribution in [2.24, 2.45) is 0 Å². The lowest BCUT2D eigenvalue weighted by molar-refractivity contribution is 0.568. The zero-order valence-corrected chi connectivity index (χ0v) is 13.0. The van der Waals surface area contributed by atoms with E-state index in [9.17, 15) is 0 Å². The van der Waals surface area contributed by atoms with Gasteiger partial charge >= 0.3 is 0 Å². The smallest absolute Gasteiger partial charge is 0.0945 e. The first-order chi connectivity index (χ1) is 9.25. The van der Waals surface area contributed by atoms with Gasteiger partial charge in [-0.15, -0.1) is 0 Å². The van der Waals surface area contributed by atoms with E-state index < -0.39 is 0 Å². The van der Waals surface area contributed by atoms with Crippen molar-refractivity contribution >= 4 is 27.5 Å². The standard InChI is InChI=1S/C14H17BrClN3/c15-14-9-13(16)4-3-12(14)10-17-5-1-2-7-19-8-6-18-11-19/h3-4,6,8-9,11,17H,1-2,5,7,10H2. The van der Waals surface area contributed by atoms with Gasteiger partial charge in [0.15, 0.2) is 0 Å². The highest BCUT2D eigenvalue weighted by Crippen LogP contribution is 2.21. The van der Waals surface area contributed by atoms with Crippen LogP contribution in [0.25, 0.3) is 0 Å². The summed E-state index contributed by atoms with van der Waals surface area (Å²) in [7, 11) is 0. The lowest BCUT2D eigenvalue weighted by atomic mass is 10.2. The second kappa shape index (κ2) is 7.68. The Hall–Kier alpha value is -0.840. The quantitative estimate of drug-likeness (QED) is 0.774. The lowest BCUT2D eigenvalue weighted by Crippen LogP contribution is -2.15. The van der Waals surface area contributed by atoms with Gasteiger partial charge in [-0.1, -0.05) is 33.6 Å². The first-order valence-electron chi connectivity index (χ1n) is 6.36. The highest BCUT2D eigenvalue weighted by Gasteiger charge is 2.00. The van der Waals surface area contributed by atoms with Crippen molar-refractivity contribution in [3.63, 3.8) is 0 Å². The molecule has 0 aliphatic rings. The van der Waals surface area contributed by atoms with Crippen LogP contribution in [0.1, 0.15) is 18.4 Å². The number of unbranched alkanes of at least 4 members (excludes halogenated alkanes) is 1. The summed E-state index contributed by atoms with van der Waals surface area (Å²) in [4.78, 5) is 4.03. The molecular weight excluding hydrogens is 326 g/mol. The van der Waals surface area contributed by atoms with Crippen LogP contribution in [0.15, 0.2) is 41.4 Å². The van der Waals surface area contributed by atoms with Crippen LogP contribution in [0, 0.1) is 0 Å². The van der Waals surface area contributed by atoms with E-state index in [1.54, 1.807) is 0 Å². The molecule has 1 aromatic carbocycles. The molecule has 0 atom stereocenters. The summed E-state index contributed by atoms with van der Waals surface area (Å²) >= 11 is 9.43. The largest absolute Gasteiger partial charge is 0.337 e. The topological polar surface area (TPSA) is 29.9 Å². The van der Waals surface area contributed by atoms with Crippen LogP contribution >= 0.6 is 27.5 Å². The average Bonchev–Trinajstić information content (AvgIpc) is 2.89. The van der Waals surface area contributed by atoms with E-state index >= 15 is 0 Å². The van der Waals surface area contributed by atoms with Gasteiger partial charge in [-0.3, -0.25) is 0 Å².